The molecule has 2 aromatic carbocycles. The van der Waals surface area contributed by atoms with Crippen LogP contribution in [-0.2, 0) is 0 Å². The molecule has 122 valence electrons. The highest BCUT2D eigenvalue weighted by molar-refractivity contribution is 5.93. The predicted molar refractivity (Wildman–Crippen MR) is 98.7 cm³/mol. The fourth-order valence-corrected chi connectivity index (χ4v) is 2.95. The van der Waals surface area contributed by atoms with E-state index >= 15 is 0 Å². The molecule has 1 aliphatic rings. The first-order chi connectivity index (χ1) is 12.4. The van der Waals surface area contributed by atoms with E-state index in [0.29, 0.717) is 12.0 Å². The summed E-state index contributed by atoms with van der Waals surface area (Å²) >= 11 is 0. The van der Waals surface area contributed by atoms with Crippen molar-refractivity contribution in [1.29, 1.82) is 0 Å². The molecule has 1 aliphatic carbocycles. The van der Waals surface area contributed by atoms with Crippen LogP contribution in [0.2, 0.25) is 0 Å². The van der Waals surface area contributed by atoms with Gasteiger partial charge < -0.3 is 5.32 Å². The van der Waals surface area contributed by atoms with Gasteiger partial charge in [0.1, 0.15) is 5.82 Å². The fraction of sp³-hybridized carbons (Fsp3) is 0.150. The van der Waals surface area contributed by atoms with E-state index in [1.165, 1.54) is 24.0 Å². The molecule has 2 heterocycles. The minimum absolute atomic E-state index is 0.518. The topological polar surface area (TPSA) is 55.6 Å². The van der Waals surface area contributed by atoms with Crippen molar-refractivity contribution in [2.75, 3.05) is 5.32 Å². The minimum atomic E-state index is 0.518. The summed E-state index contributed by atoms with van der Waals surface area (Å²) < 4.78 is 1.70. The van der Waals surface area contributed by atoms with Crippen LogP contribution in [0.5, 0.6) is 0 Å². The first-order valence-electron chi connectivity index (χ1n) is 8.50. The van der Waals surface area contributed by atoms with Gasteiger partial charge in [-0.25, -0.2) is 9.67 Å². The number of hydrogen-bond acceptors (Lipinski definition) is 4. The average molecular weight is 327 g/mol. The average Bonchev–Trinajstić information content (AvgIpc) is 3.31. The second kappa shape index (κ2) is 5.70. The van der Waals surface area contributed by atoms with Crippen LogP contribution in [0.25, 0.3) is 28.0 Å². The lowest BCUT2D eigenvalue weighted by molar-refractivity contribution is 0.815. The van der Waals surface area contributed by atoms with Crippen LogP contribution in [0.15, 0.2) is 67.0 Å². The highest BCUT2D eigenvalue weighted by Gasteiger charge is 2.23. The lowest BCUT2D eigenvalue weighted by Crippen LogP contribution is -2.09. The van der Waals surface area contributed by atoms with Gasteiger partial charge in [-0.05, 0) is 42.2 Å². The molecule has 0 bridgehead atoms. The molecule has 5 heteroatoms. The summed E-state index contributed by atoms with van der Waals surface area (Å²) in [6.45, 7) is 0. The quantitative estimate of drug-likeness (QED) is 0.614. The van der Waals surface area contributed by atoms with Crippen molar-refractivity contribution in [1.82, 2.24) is 19.7 Å². The van der Waals surface area contributed by atoms with Gasteiger partial charge in [0.05, 0.1) is 5.52 Å². The Morgan fingerprint density at radius 1 is 0.920 bits per heavy atom. The van der Waals surface area contributed by atoms with Gasteiger partial charge in [-0.3, -0.25) is 0 Å². The van der Waals surface area contributed by atoms with Gasteiger partial charge in [-0.2, -0.15) is 10.1 Å². The predicted octanol–water partition coefficient (Wildman–Crippen LogP) is 4.06. The summed E-state index contributed by atoms with van der Waals surface area (Å²) in [5, 5.41) is 8.85. The van der Waals surface area contributed by atoms with Gasteiger partial charge in [-0.15, -0.1) is 0 Å². The Morgan fingerprint density at radius 2 is 1.80 bits per heavy atom. The zero-order valence-electron chi connectivity index (χ0n) is 13.6. The molecule has 1 saturated carbocycles. The smallest absolute Gasteiger partial charge is 0.253 e. The summed E-state index contributed by atoms with van der Waals surface area (Å²) in [6, 6.07) is 19.1. The van der Waals surface area contributed by atoms with E-state index in [1.807, 2.05) is 18.3 Å². The Bertz CT molecular complexity index is 1020. The molecule has 0 saturated heterocycles. The first kappa shape index (κ1) is 14.2. The minimum Gasteiger partial charge on any atom is -0.367 e. The molecule has 0 spiro atoms. The van der Waals surface area contributed by atoms with Gasteiger partial charge >= 0.3 is 0 Å². The maximum Gasteiger partial charge on any atom is 0.253 e. The summed E-state index contributed by atoms with van der Waals surface area (Å²) in [6.07, 6.45) is 5.99. The fourth-order valence-electron chi connectivity index (χ4n) is 2.95. The Kier molecular flexibility index (Phi) is 3.23. The van der Waals surface area contributed by atoms with Crippen molar-refractivity contribution < 1.29 is 0 Å². The van der Waals surface area contributed by atoms with Crippen LogP contribution in [0.3, 0.4) is 0 Å². The number of fused-ring (bicyclic) bond motifs is 1. The third kappa shape index (κ3) is 2.74. The molecular weight excluding hydrogens is 310 g/mol. The van der Waals surface area contributed by atoms with Crippen LogP contribution >= 0.6 is 0 Å². The molecule has 0 atom stereocenters. The normalized spacial score (nSPS) is 13.9. The van der Waals surface area contributed by atoms with Crippen LogP contribution in [0, 0.1) is 0 Å². The number of nitrogens with zero attached hydrogens (tertiary/aromatic N) is 4. The molecule has 0 unspecified atom stereocenters. The second-order valence-electron chi connectivity index (χ2n) is 6.34. The molecule has 5 rings (SSSR count). The Hall–Kier alpha value is -3.21. The van der Waals surface area contributed by atoms with E-state index in [2.05, 4.69) is 52.9 Å². The van der Waals surface area contributed by atoms with Gasteiger partial charge in [0.2, 0.25) is 0 Å². The number of nitrogens with one attached hydrogen (secondary N) is 1. The van der Waals surface area contributed by atoms with Gasteiger partial charge in [0.25, 0.3) is 5.95 Å². The number of aromatic nitrogens is 4. The van der Waals surface area contributed by atoms with E-state index in [9.17, 15) is 0 Å². The van der Waals surface area contributed by atoms with Crippen LogP contribution < -0.4 is 5.32 Å². The summed E-state index contributed by atoms with van der Waals surface area (Å²) in [4.78, 5) is 9.43. The van der Waals surface area contributed by atoms with Crippen LogP contribution in [0.4, 0.5) is 5.82 Å². The van der Waals surface area contributed by atoms with Crippen molar-refractivity contribution in [3.8, 4) is 17.1 Å². The maximum atomic E-state index is 4.74. The summed E-state index contributed by atoms with van der Waals surface area (Å²) in [7, 11) is 0. The molecule has 2 aromatic heterocycles. The Labute approximate surface area is 145 Å². The monoisotopic (exact) mass is 327 g/mol. The third-order valence-electron chi connectivity index (χ3n) is 4.42. The SMILES string of the molecule is c1ccc(-c2ccc3nc(-n4cccn4)nc(NC4CC4)c3c2)cc1. The van der Waals surface area contributed by atoms with Crippen LogP contribution in [-0.4, -0.2) is 25.8 Å². The van der Waals surface area contributed by atoms with Crippen molar-refractivity contribution in [3.05, 3.63) is 67.0 Å². The van der Waals surface area contributed by atoms with Gasteiger partial charge in [0.15, 0.2) is 0 Å². The van der Waals surface area contributed by atoms with Gasteiger partial charge in [-0.1, -0.05) is 36.4 Å². The Balaban J connectivity index is 1.68. The molecule has 25 heavy (non-hydrogen) atoms. The van der Waals surface area contributed by atoms with Crippen molar-refractivity contribution >= 4 is 16.7 Å². The molecule has 1 fully saturated rings. The Morgan fingerprint density at radius 3 is 2.56 bits per heavy atom. The zero-order valence-corrected chi connectivity index (χ0v) is 13.6. The van der Waals surface area contributed by atoms with E-state index in [0.717, 1.165) is 16.7 Å². The van der Waals surface area contributed by atoms with Gasteiger partial charge in [0, 0.05) is 23.8 Å². The molecule has 0 aliphatic heterocycles. The lowest BCUT2D eigenvalue weighted by Gasteiger charge is -2.11. The number of hydrogen-bond donors (Lipinski definition) is 1. The highest BCUT2D eigenvalue weighted by atomic mass is 15.3. The van der Waals surface area contributed by atoms with Crippen molar-refractivity contribution in [2.24, 2.45) is 0 Å². The van der Waals surface area contributed by atoms with E-state index in [4.69, 9.17) is 9.97 Å². The second-order valence-corrected chi connectivity index (χ2v) is 6.34. The highest BCUT2D eigenvalue weighted by Crippen LogP contribution is 2.31. The molecule has 0 amide bonds. The van der Waals surface area contributed by atoms with Crippen LogP contribution in [0.1, 0.15) is 12.8 Å². The van der Waals surface area contributed by atoms with E-state index in [1.54, 1.807) is 10.9 Å². The molecule has 0 radical (unpaired) electrons. The first-order valence-corrected chi connectivity index (χ1v) is 8.50. The summed E-state index contributed by atoms with van der Waals surface area (Å²) in [5.41, 5.74) is 3.28. The zero-order chi connectivity index (χ0) is 16.6. The molecule has 5 nitrogen and oxygen atoms in total. The molecule has 1 N–H and O–H groups in total. The summed E-state index contributed by atoms with van der Waals surface area (Å²) in [5.74, 6) is 1.48. The number of benzene rings is 2. The lowest BCUT2D eigenvalue weighted by atomic mass is 10.0. The standard InChI is InChI=1S/C20H17N5/c1-2-5-14(6-3-1)15-7-10-18-17(13-15)19(22-16-8-9-16)24-20(23-18)25-12-4-11-21-25/h1-7,10-13,16H,8-9H2,(H,22,23,24). The molecule has 4 aromatic rings. The largest absolute Gasteiger partial charge is 0.367 e. The maximum absolute atomic E-state index is 4.74. The molecular formula is C20H17N5. The van der Waals surface area contributed by atoms with Crippen molar-refractivity contribution in [2.45, 2.75) is 18.9 Å². The van der Waals surface area contributed by atoms with Crippen molar-refractivity contribution in [3.63, 3.8) is 0 Å². The number of rotatable bonds is 4. The van der Waals surface area contributed by atoms with E-state index < -0.39 is 0 Å². The van der Waals surface area contributed by atoms with E-state index in [-0.39, 0.29) is 0 Å². The third-order valence-corrected chi connectivity index (χ3v) is 4.42. The number of anilines is 1.